The topological polar surface area (TPSA) is 110 Å². The number of nitrogens with zero attached hydrogens (tertiary/aromatic N) is 1. The highest BCUT2D eigenvalue weighted by Gasteiger charge is 2.25. The first-order valence-electron chi connectivity index (χ1n) is 9.06. The van der Waals surface area contributed by atoms with Crippen LogP contribution in [0.3, 0.4) is 0 Å². The number of aryl methyl sites for hydroxylation is 1. The predicted octanol–water partition coefficient (Wildman–Crippen LogP) is 3.98. The number of primary amides is 1. The summed E-state index contributed by atoms with van der Waals surface area (Å²) in [5.74, 6) is -1.26. The third kappa shape index (κ3) is 4.49. The van der Waals surface area contributed by atoms with Gasteiger partial charge in [-0.15, -0.1) is 11.3 Å². The van der Waals surface area contributed by atoms with E-state index < -0.39 is 21.8 Å². The largest absolute Gasteiger partial charge is 0.365 e. The summed E-state index contributed by atoms with van der Waals surface area (Å²) >= 11 is 7.27. The lowest BCUT2D eigenvalue weighted by molar-refractivity contribution is 0.100. The Hall–Kier alpha value is -2.72. The van der Waals surface area contributed by atoms with E-state index in [9.17, 15) is 18.0 Å². The van der Waals surface area contributed by atoms with Gasteiger partial charge in [0.15, 0.2) is 0 Å². The fourth-order valence-electron chi connectivity index (χ4n) is 3.03. The van der Waals surface area contributed by atoms with Gasteiger partial charge in [0.2, 0.25) is 10.0 Å². The molecule has 1 heterocycles. The van der Waals surface area contributed by atoms with Gasteiger partial charge in [0, 0.05) is 30.1 Å². The van der Waals surface area contributed by atoms with Gasteiger partial charge in [0.1, 0.15) is 9.90 Å². The van der Waals surface area contributed by atoms with Crippen molar-refractivity contribution in [2.75, 3.05) is 19.4 Å². The molecule has 3 N–H and O–H groups in total. The number of nitrogens with two attached hydrogens (primary N) is 1. The zero-order valence-corrected chi connectivity index (χ0v) is 19.4. The van der Waals surface area contributed by atoms with Crippen LogP contribution in [0.2, 0.25) is 5.02 Å². The molecule has 1 aromatic heterocycles. The summed E-state index contributed by atoms with van der Waals surface area (Å²) in [7, 11) is -1.10. The lowest BCUT2D eigenvalue weighted by atomic mass is 10.0. The third-order valence-corrected chi connectivity index (χ3v) is 7.89. The number of hydrogen-bond acceptors (Lipinski definition) is 5. The van der Waals surface area contributed by atoms with Crippen LogP contribution >= 0.6 is 22.9 Å². The van der Waals surface area contributed by atoms with Crippen LogP contribution in [0, 0.1) is 6.92 Å². The van der Waals surface area contributed by atoms with Crippen LogP contribution in [0.1, 0.15) is 25.6 Å². The minimum atomic E-state index is -3.85. The molecule has 0 radical (unpaired) electrons. The number of hydrogen-bond donors (Lipinski definition) is 2. The molecular weight excluding hydrogens is 458 g/mol. The van der Waals surface area contributed by atoms with Gasteiger partial charge in [-0.1, -0.05) is 41.9 Å². The van der Waals surface area contributed by atoms with Crippen molar-refractivity contribution >= 4 is 49.8 Å². The van der Waals surface area contributed by atoms with Crippen molar-refractivity contribution in [2.45, 2.75) is 11.8 Å². The van der Waals surface area contributed by atoms with E-state index in [1.807, 2.05) is 37.3 Å². The maximum absolute atomic E-state index is 12.9. The van der Waals surface area contributed by atoms with Crippen LogP contribution in [-0.4, -0.2) is 38.6 Å². The first-order chi connectivity index (χ1) is 14.5. The standard InChI is InChI=1S/C21H20ClN3O4S2/c1-12-17(13-7-5-4-6-8-13)18(19(23)26)21(30-12)24-20(27)14-9-10-15(22)16(11-14)31(28,29)25(2)3/h4-11H,1-3H3,(H2,23,26)(H,24,27). The van der Waals surface area contributed by atoms with Crippen molar-refractivity contribution in [2.24, 2.45) is 5.73 Å². The van der Waals surface area contributed by atoms with E-state index in [-0.39, 0.29) is 21.0 Å². The van der Waals surface area contributed by atoms with Crippen molar-refractivity contribution in [1.29, 1.82) is 0 Å². The summed E-state index contributed by atoms with van der Waals surface area (Å²) in [5.41, 5.74) is 7.37. The Kier molecular flexibility index (Phi) is 6.51. The number of anilines is 1. The van der Waals surface area contributed by atoms with Crippen LogP contribution < -0.4 is 11.1 Å². The van der Waals surface area contributed by atoms with Crippen LogP contribution in [-0.2, 0) is 10.0 Å². The maximum atomic E-state index is 12.9. The van der Waals surface area contributed by atoms with Crippen LogP contribution in [0.15, 0.2) is 53.4 Å². The van der Waals surface area contributed by atoms with Gasteiger partial charge in [-0.25, -0.2) is 12.7 Å². The van der Waals surface area contributed by atoms with E-state index in [1.54, 1.807) is 0 Å². The number of thiophene rings is 1. The third-order valence-electron chi connectivity index (χ3n) is 4.57. The Morgan fingerprint density at radius 3 is 2.32 bits per heavy atom. The first-order valence-corrected chi connectivity index (χ1v) is 11.7. The summed E-state index contributed by atoms with van der Waals surface area (Å²) in [5, 5.41) is 2.99. The zero-order valence-electron chi connectivity index (χ0n) is 17.0. The van der Waals surface area contributed by atoms with Crippen molar-refractivity contribution < 1.29 is 18.0 Å². The fourth-order valence-corrected chi connectivity index (χ4v) is 5.50. The van der Waals surface area contributed by atoms with Gasteiger partial charge in [0.25, 0.3) is 11.8 Å². The number of halogens is 1. The number of carbonyl (C=O) groups is 2. The van der Waals surface area contributed by atoms with Gasteiger partial charge in [-0.2, -0.15) is 0 Å². The Morgan fingerprint density at radius 2 is 1.74 bits per heavy atom. The summed E-state index contributed by atoms with van der Waals surface area (Å²) in [4.78, 5) is 25.7. The number of sulfonamides is 1. The second-order valence-electron chi connectivity index (χ2n) is 6.85. The highest BCUT2D eigenvalue weighted by Crippen LogP contribution is 2.40. The normalized spacial score (nSPS) is 11.5. The van der Waals surface area contributed by atoms with Crippen molar-refractivity contribution in [1.82, 2.24) is 4.31 Å². The number of benzene rings is 2. The molecule has 7 nitrogen and oxygen atoms in total. The molecule has 3 aromatic rings. The SMILES string of the molecule is Cc1sc(NC(=O)c2ccc(Cl)c(S(=O)(=O)N(C)C)c2)c(C(N)=O)c1-c1ccccc1. The smallest absolute Gasteiger partial charge is 0.256 e. The Balaban J connectivity index is 2.03. The van der Waals surface area contributed by atoms with E-state index in [2.05, 4.69) is 5.32 Å². The number of nitrogens with one attached hydrogen (secondary N) is 1. The number of rotatable bonds is 6. The average molecular weight is 478 g/mol. The highest BCUT2D eigenvalue weighted by molar-refractivity contribution is 7.89. The number of amides is 2. The molecule has 3 rings (SSSR count). The van der Waals surface area contributed by atoms with Gasteiger partial charge in [0.05, 0.1) is 10.6 Å². The van der Waals surface area contributed by atoms with E-state index in [0.717, 1.165) is 14.7 Å². The van der Waals surface area contributed by atoms with E-state index in [4.69, 9.17) is 17.3 Å². The van der Waals surface area contributed by atoms with Gasteiger partial charge in [-0.05, 0) is 30.7 Å². The van der Waals surface area contributed by atoms with Crippen LogP contribution in [0.4, 0.5) is 5.00 Å². The first kappa shape index (κ1) is 23.0. The van der Waals surface area contributed by atoms with E-state index in [1.165, 1.54) is 43.6 Å². The molecule has 2 amide bonds. The van der Waals surface area contributed by atoms with Crippen LogP contribution in [0.25, 0.3) is 11.1 Å². The molecule has 0 atom stereocenters. The molecule has 162 valence electrons. The molecule has 0 aliphatic rings. The fraction of sp³-hybridized carbons (Fsp3) is 0.143. The minimum Gasteiger partial charge on any atom is -0.365 e. The van der Waals surface area contributed by atoms with Crippen molar-refractivity contribution in [3.63, 3.8) is 0 Å². The molecule has 0 aliphatic carbocycles. The highest BCUT2D eigenvalue weighted by atomic mass is 35.5. The second-order valence-corrected chi connectivity index (χ2v) is 10.6. The molecule has 0 unspecified atom stereocenters. The van der Waals surface area contributed by atoms with Gasteiger partial charge in [-0.3, -0.25) is 9.59 Å². The summed E-state index contributed by atoms with van der Waals surface area (Å²) in [6.07, 6.45) is 0. The molecule has 0 bridgehead atoms. The molecule has 2 aromatic carbocycles. The quantitative estimate of drug-likeness (QED) is 0.559. The molecule has 0 fully saturated rings. The average Bonchev–Trinajstić information content (AvgIpc) is 3.04. The van der Waals surface area contributed by atoms with Crippen molar-refractivity contribution in [3.8, 4) is 11.1 Å². The molecule has 0 aliphatic heterocycles. The molecule has 0 saturated heterocycles. The monoisotopic (exact) mass is 477 g/mol. The lowest BCUT2D eigenvalue weighted by Crippen LogP contribution is -2.23. The predicted molar refractivity (Wildman–Crippen MR) is 123 cm³/mol. The summed E-state index contributed by atoms with van der Waals surface area (Å²) in [6, 6.07) is 13.2. The molecule has 31 heavy (non-hydrogen) atoms. The summed E-state index contributed by atoms with van der Waals surface area (Å²) < 4.78 is 26.0. The Morgan fingerprint density at radius 1 is 1.10 bits per heavy atom. The van der Waals surface area contributed by atoms with Gasteiger partial charge >= 0.3 is 0 Å². The molecule has 0 saturated carbocycles. The van der Waals surface area contributed by atoms with Crippen LogP contribution in [0.5, 0.6) is 0 Å². The molecule has 10 heteroatoms. The summed E-state index contributed by atoms with van der Waals surface area (Å²) in [6.45, 7) is 1.83. The molecule has 0 spiro atoms. The Bertz CT molecular complexity index is 1270. The van der Waals surface area contributed by atoms with E-state index >= 15 is 0 Å². The Labute approximate surface area is 189 Å². The number of carbonyl (C=O) groups excluding carboxylic acids is 2. The lowest BCUT2D eigenvalue weighted by Gasteiger charge is -2.14. The van der Waals surface area contributed by atoms with E-state index in [0.29, 0.717) is 10.6 Å². The second kappa shape index (κ2) is 8.80. The zero-order chi connectivity index (χ0) is 22.9. The minimum absolute atomic E-state index is 0.00130. The maximum Gasteiger partial charge on any atom is 0.256 e. The van der Waals surface area contributed by atoms with Gasteiger partial charge < -0.3 is 11.1 Å². The molecular formula is C21H20ClN3O4S2. The van der Waals surface area contributed by atoms with Crippen molar-refractivity contribution in [3.05, 3.63) is 69.6 Å².